The lowest BCUT2D eigenvalue weighted by molar-refractivity contribution is 0.197. The maximum atomic E-state index is 4.36. The fourth-order valence-corrected chi connectivity index (χ4v) is 3.06. The number of hydrogen-bond acceptors (Lipinski definition) is 2. The SMILES string of the molecule is CN=C(NCCCC(C)(C)C)NC1CCN(C2CC2)CC1.I. The summed E-state index contributed by atoms with van der Waals surface area (Å²) in [6, 6.07) is 1.51. The van der Waals surface area contributed by atoms with Gasteiger partial charge in [0, 0.05) is 38.8 Å². The van der Waals surface area contributed by atoms with Crippen LogP contribution in [0.4, 0.5) is 0 Å². The maximum absolute atomic E-state index is 4.36. The molecule has 2 rings (SSSR count). The molecule has 2 N–H and O–H groups in total. The zero-order valence-corrected chi connectivity index (χ0v) is 17.2. The van der Waals surface area contributed by atoms with Gasteiger partial charge in [-0.25, -0.2) is 0 Å². The van der Waals surface area contributed by atoms with E-state index in [1.165, 1.54) is 51.6 Å². The average molecular weight is 422 g/mol. The first kappa shape index (κ1) is 20.0. The highest BCUT2D eigenvalue weighted by Gasteiger charge is 2.31. The summed E-state index contributed by atoms with van der Waals surface area (Å²) >= 11 is 0. The van der Waals surface area contributed by atoms with Gasteiger partial charge < -0.3 is 15.5 Å². The third-order valence-corrected chi connectivity index (χ3v) is 4.55. The molecule has 1 heterocycles. The van der Waals surface area contributed by atoms with E-state index in [2.05, 4.69) is 41.3 Å². The second-order valence-corrected chi connectivity index (χ2v) is 7.85. The van der Waals surface area contributed by atoms with E-state index in [9.17, 15) is 0 Å². The van der Waals surface area contributed by atoms with E-state index in [1.54, 1.807) is 0 Å². The lowest BCUT2D eigenvalue weighted by Gasteiger charge is -2.33. The molecule has 130 valence electrons. The molecule has 4 nitrogen and oxygen atoms in total. The molecule has 22 heavy (non-hydrogen) atoms. The topological polar surface area (TPSA) is 39.7 Å². The predicted octanol–water partition coefficient (Wildman–Crippen LogP) is 3.22. The standard InChI is InChI=1S/C17H34N4.HI/c1-17(2,3)10-5-11-19-16(18-4)20-14-8-12-21(13-9-14)15-6-7-15;/h14-15H,5-13H2,1-4H3,(H2,18,19,20);1H. The predicted molar refractivity (Wildman–Crippen MR) is 106 cm³/mol. The summed E-state index contributed by atoms with van der Waals surface area (Å²) in [6.45, 7) is 10.4. The monoisotopic (exact) mass is 422 g/mol. The number of guanidine groups is 1. The minimum Gasteiger partial charge on any atom is -0.356 e. The van der Waals surface area contributed by atoms with Gasteiger partial charge in [-0.1, -0.05) is 20.8 Å². The van der Waals surface area contributed by atoms with Crippen molar-refractivity contribution in [3.8, 4) is 0 Å². The van der Waals surface area contributed by atoms with Gasteiger partial charge in [-0.15, -0.1) is 24.0 Å². The Balaban J connectivity index is 0.00000242. The normalized spacial score (nSPS) is 21.4. The van der Waals surface area contributed by atoms with Crippen molar-refractivity contribution in [2.24, 2.45) is 10.4 Å². The van der Waals surface area contributed by atoms with E-state index in [0.29, 0.717) is 11.5 Å². The average Bonchev–Trinajstić information content (AvgIpc) is 3.26. The van der Waals surface area contributed by atoms with Gasteiger partial charge in [0.2, 0.25) is 0 Å². The molecule has 1 aliphatic heterocycles. The fraction of sp³-hybridized carbons (Fsp3) is 0.941. The Labute approximate surface area is 153 Å². The molecule has 0 aromatic carbocycles. The molecule has 1 saturated carbocycles. The Bertz CT molecular complexity index is 339. The first-order valence-electron chi connectivity index (χ1n) is 8.69. The summed E-state index contributed by atoms with van der Waals surface area (Å²) in [5, 5.41) is 7.06. The Morgan fingerprint density at radius 3 is 2.27 bits per heavy atom. The Morgan fingerprint density at radius 1 is 1.14 bits per heavy atom. The molecule has 1 saturated heterocycles. The molecule has 0 radical (unpaired) electrons. The molecule has 5 heteroatoms. The lowest BCUT2D eigenvalue weighted by Crippen LogP contribution is -2.49. The highest BCUT2D eigenvalue weighted by molar-refractivity contribution is 14.0. The summed E-state index contributed by atoms with van der Waals surface area (Å²) in [5.74, 6) is 0.980. The molecular formula is C17H35IN4. The number of nitrogens with one attached hydrogen (secondary N) is 2. The van der Waals surface area contributed by atoms with Crippen molar-refractivity contribution in [1.29, 1.82) is 0 Å². The molecule has 0 bridgehead atoms. The molecule has 1 aliphatic carbocycles. The van der Waals surface area contributed by atoms with Gasteiger partial charge in [0.05, 0.1) is 0 Å². The van der Waals surface area contributed by atoms with Gasteiger partial charge in [-0.2, -0.15) is 0 Å². The van der Waals surface area contributed by atoms with Gasteiger partial charge in [0.1, 0.15) is 0 Å². The number of aliphatic imine (C=N–C) groups is 1. The van der Waals surface area contributed by atoms with Crippen LogP contribution in [0.5, 0.6) is 0 Å². The molecule has 0 unspecified atom stereocenters. The number of rotatable bonds is 5. The summed E-state index contributed by atoms with van der Waals surface area (Å²) in [4.78, 5) is 7.03. The van der Waals surface area contributed by atoms with Crippen LogP contribution in [0.1, 0.15) is 59.3 Å². The van der Waals surface area contributed by atoms with Crippen molar-refractivity contribution in [3.05, 3.63) is 0 Å². The van der Waals surface area contributed by atoms with Crippen molar-refractivity contribution in [2.75, 3.05) is 26.7 Å². The lowest BCUT2D eigenvalue weighted by atomic mass is 9.91. The van der Waals surface area contributed by atoms with E-state index in [4.69, 9.17) is 0 Å². The quantitative estimate of drug-likeness (QED) is 0.309. The van der Waals surface area contributed by atoms with Crippen LogP contribution in [0.25, 0.3) is 0 Å². The summed E-state index contributed by atoms with van der Waals surface area (Å²) < 4.78 is 0. The largest absolute Gasteiger partial charge is 0.356 e. The number of halogens is 1. The van der Waals surface area contributed by atoms with Crippen LogP contribution in [0.3, 0.4) is 0 Å². The molecule has 0 spiro atoms. The molecule has 2 aliphatic rings. The van der Waals surface area contributed by atoms with Crippen LogP contribution in [-0.4, -0.2) is 49.6 Å². The second kappa shape index (κ2) is 9.30. The summed E-state index contributed by atoms with van der Waals surface area (Å²) in [6.07, 6.45) is 7.80. The second-order valence-electron chi connectivity index (χ2n) is 7.85. The van der Waals surface area contributed by atoms with Crippen LogP contribution < -0.4 is 10.6 Å². The highest BCUT2D eigenvalue weighted by Crippen LogP contribution is 2.29. The van der Waals surface area contributed by atoms with Crippen LogP contribution >= 0.6 is 24.0 Å². The first-order chi connectivity index (χ1) is 9.98. The third-order valence-electron chi connectivity index (χ3n) is 4.55. The molecule has 0 aromatic heterocycles. The molecule has 2 fully saturated rings. The third kappa shape index (κ3) is 7.49. The van der Waals surface area contributed by atoms with E-state index >= 15 is 0 Å². The van der Waals surface area contributed by atoms with Crippen molar-refractivity contribution >= 4 is 29.9 Å². The van der Waals surface area contributed by atoms with Gasteiger partial charge >= 0.3 is 0 Å². The van der Waals surface area contributed by atoms with Gasteiger partial charge in [-0.3, -0.25) is 4.99 Å². The number of hydrogen-bond donors (Lipinski definition) is 2. The fourth-order valence-electron chi connectivity index (χ4n) is 3.06. The van der Waals surface area contributed by atoms with E-state index < -0.39 is 0 Å². The number of likely N-dealkylation sites (tertiary alicyclic amines) is 1. The van der Waals surface area contributed by atoms with Crippen molar-refractivity contribution in [2.45, 2.75) is 71.4 Å². The van der Waals surface area contributed by atoms with E-state index in [1.807, 2.05) is 7.05 Å². The van der Waals surface area contributed by atoms with Gasteiger partial charge in [0.25, 0.3) is 0 Å². The van der Waals surface area contributed by atoms with Crippen molar-refractivity contribution in [1.82, 2.24) is 15.5 Å². The van der Waals surface area contributed by atoms with Gasteiger partial charge in [0.15, 0.2) is 5.96 Å². The molecule has 0 atom stereocenters. The van der Waals surface area contributed by atoms with Crippen LogP contribution in [0.15, 0.2) is 4.99 Å². The van der Waals surface area contributed by atoms with Crippen LogP contribution in [0.2, 0.25) is 0 Å². The zero-order chi connectivity index (χ0) is 15.3. The minimum atomic E-state index is 0. The number of nitrogens with zero attached hydrogens (tertiary/aromatic N) is 2. The molecule has 0 amide bonds. The van der Waals surface area contributed by atoms with E-state index in [0.717, 1.165) is 18.5 Å². The van der Waals surface area contributed by atoms with Gasteiger partial charge in [-0.05, 0) is 43.9 Å². The first-order valence-corrected chi connectivity index (χ1v) is 8.69. The van der Waals surface area contributed by atoms with Crippen LogP contribution in [0, 0.1) is 5.41 Å². The Kier molecular flexibility index (Phi) is 8.46. The number of piperidine rings is 1. The smallest absolute Gasteiger partial charge is 0.191 e. The summed E-state index contributed by atoms with van der Waals surface area (Å²) in [5.41, 5.74) is 0.425. The highest BCUT2D eigenvalue weighted by atomic mass is 127. The Morgan fingerprint density at radius 2 is 1.77 bits per heavy atom. The molecular weight excluding hydrogens is 387 g/mol. The van der Waals surface area contributed by atoms with Crippen LogP contribution in [-0.2, 0) is 0 Å². The van der Waals surface area contributed by atoms with E-state index in [-0.39, 0.29) is 24.0 Å². The minimum absolute atomic E-state index is 0. The van der Waals surface area contributed by atoms with Crippen molar-refractivity contribution < 1.29 is 0 Å². The maximum Gasteiger partial charge on any atom is 0.191 e. The van der Waals surface area contributed by atoms with Crippen molar-refractivity contribution in [3.63, 3.8) is 0 Å². The summed E-state index contributed by atoms with van der Waals surface area (Å²) in [7, 11) is 1.87. The Hall–Kier alpha value is -0.0400. The molecule has 0 aromatic rings. The zero-order valence-electron chi connectivity index (χ0n) is 14.8.